The number of rotatable bonds is 4. The fourth-order valence-corrected chi connectivity index (χ4v) is 6.31. The van der Waals surface area contributed by atoms with Gasteiger partial charge in [-0.2, -0.15) is 0 Å². The van der Waals surface area contributed by atoms with Gasteiger partial charge in [-0.15, -0.1) is 11.3 Å². The van der Waals surface area contributed by atoms with Gasteiger partial charge in [0.05, 0.1) is 36.0 Å². The summed E-state index contributed by atoms with van der Waals surface area (Å²) in [4.78, 5) is 47.8. The summed E-state index contributed by atoms with van der Waals surface area (Å²) in [6.45, 7) is 0. The van der Waals surface area contributed by atoms with Crippen molar-refractivity contribution >= 4 is 46.1 Å². The minimum Gasteiger partial charge on any atom is -0.465 e. The van der Waals surface area contributed by atoms with Crippen molar-refractivity contribution in [3.63, 3.8) is 0 Å². The molecule has 2 fully saturated rings. The van der Waals surface area contributed by atoms with Crippen molar-refractivity contribution in [2.24, 2.45) is 16.8 Å². The molecule has 0 bridgehead atoms. The number of Topliss-reactive ketones (excluding diaryl/α,β-unsaturated/α-hetero) is 1. The molecule has 6 rings (SSSR count). The Balaban J connectivity index is 1.50. The maximum absolute atomic E-state index is 13.9. The molecule has 1 amide bonds. The van der Waals surface area contributed by atoms with Crippen LogP contribution in [0.15, 0.2) is 71.0 Å². The number of aliphatic imine (C=N–C) groups is 1. The summed E-state index contributed by atoms with van der Waals surface area (Å²) in [6.07, 6.45) is 2.81. The van der Waals surface area contributed by atoms with E-state index in [-0.39, 0.29) is 23.5 Å². The first-order valence-corrected chi connectivity index (χ1v) is 13.2. The van der Waals surface area contributed by atoms with Crippen molar-refractivity contribution in [2.75, 3.05) is 12.0 Å². The Bertz CT molecular complexity index is 1360. The Morgan fingerprint density at radius 3 is 2.47 bits per heavy atom. The predicted molar refractivity (Wildman–Crippen MR) is 139 cm³/mol. The predicted octanol–water partition coefficient (Wildman–Crippen LogP) is 5.87. The molecule has 3 atom stereocenters. The van der Waals surface area contributed by atoms with Crippen LogP contribution in [0.2, 0.25) is 0 Å². The number of amides is 1. The second-order valence-corrected chi connectivity index (χ2v) is 10.7. The number of fused-ring (bicyclic) bond motifs is 2. The average molecular weight is 499 g/mol. The maximum Gasteiger partial charge on any atom is 0.337 e. The number of ketones is 1. The quantitative estimate of drug-likeness (QED) is 0.422. The van der Waals surface area contributed by atoms with Crippen LogP contribution in [0.4, 0.5) is 11.4 Å². The van der Waals surface area contributed by atoms with Crippen LogP contribution in [0, 0.1) is 11.8 Å². The van der Waals surface area contributed by atoms with Crippen molar-refractivity contribution < 1.29 is 19.1 Å². The Morgan fingerprint density at radius 1 is 1.00 bits per heavy atom. The topological polar surface area (TPSA) is 76.0 Å². The third-order valence-electron chi connectivity index (χ3n) is 7.39. The summed E-state index contributed by atoms with van der Waals surface area (Å²) in [5, 5.41) is 2.04. The van der Waals surface area contributed by atoms with Gasteiger partial charge < -0.3 is 9.64 Å². The van der Waals surface area contributed by atoms with E-state index in [2.05, 4.69) is 6.07 Å². The van der Waals surface area contributed by atoms with E-state index in [1.807, 2.05) is 52.7 Å². The number of ether oxygens (including phenoxy) is 1. The fraction of sp³-hybridized carbons (Fsp3) is 0.310. The first-order valence-electron chi connectivity index (χ1n) is 12.3. The molecule has 36 heavy (non-hydrogen) atoms. The molecule has 2 saturated carbocycles. The highest BCUT2D eigenvalue weighted by molar-refractivity contribution is 7.10. The normalized spacial score (nSPS) is 23.2. The molecule has 1 aliphatic heterocycles. The number of esters is 1. The lowest BCUT2D eigenvalue weighted by atomic mass is 9.73. The van der Waals surface area contributed by atoms with E-state index in [0.717, 1.165) is 35.5 Å². The molecule has 7 heteroatoms. The number of benzene rings is 2. The lowest BCUT2D eigenvalue weighted by Crippen LogP contribution is -2.46. The summed E-state index contributed by atoms with van der Waals surface area (Å²) in [6, 6.07) is 18.4. The largest absolute Gasteiger partial charge is 0.465 e. The minimum atomic E-state index is -0.541. The number of methoxy groups -OCH3 is 1. The highest BCUT2D eigenvalue weighted by Crippen LogP contribution is 2.49. The van der Waals surface area contributed by atoms with Crippen LogP contribution in [0.1, 0.15) is 58.4 Å². The van der Waals surface area contributed by atoms with Gasteiger partial charge in [0.15, 0.2) is 0 Å². The van der Waals surface area contributed by atoms with Crippen molar-refractivity contribution in [2.45, 2.75) is 37.6 Å². The summed E-state index contributed by atoms with van der Waals surface area (Å²) in [5.74, 6) is -0.772. The molecule has 0 spiro atoms. The zero-order valence-corrected chi connectivity index (χ0v) is 20.7. The molecular weight excluding hydrogens is 472 g/mol. The number of hydrogen-bond donors (Lipinski definition) is 0. The van der Waals surface area contributed by atoms with Crippen molar-refractivity contribution in [1.29, 1.82) is 0 Å². The third-order valence-corrected chi connectivity index (χ3v) is 8.43. The highest BCUT2D eigenvalue weighted by atomic mass is 32.1. The summed E-state index contributed by atoms with van der Waals surface area (Å²) >= 11 is 1.67. The van der Waals surface area contributed by atoms with E-state index in [9.17, 15) is 14.4 Å². The van der Waals surface area contributed by atoms with Gasteiger partial charge >= 0.3 is 5.97 Å². The van der Waals surface area contributed by atoms with E-state index in [0.29, 0.717) is 18.4 Å². The van der Waals surface area contributed by atoms with Crippen LogP contribution >= 0.6 is 11.3 Å². The Kier molecular flexibility index (Phi) is 5.80. The van der Waals surface area contributed by atoms with E-state index >= 15 is 0 Å². The van der Waals surface area contributed by atoms with Crippen LogP contribution in [0.3, 0.4) is 0 Å². The van der Waals surface area contributed by atoms with Crippen LogP contribution < -0.4 is 4.90 Å². The molecule has 3 aromatic rings. The number of para-hydroxylation sites is 2. The smallest absolute Gasteiger partial charge is 0.337 e. The lowest BCUT2D eigenvalue weighted by Gasteiger charge is -2.39. The second kappa shape index (κ2) is 9.13. The number of carbonyl (C=O) groups is 3. The molecule has 6 nitrogen and oxygen atoms in total. The fourth-order valence-electron chi connectivity index (χ4n) is 5.48. The molecule has 2 heterocycles. The zero-order chi connectivity index (χ0) is 24.8. The lowest BCUT2D eigenvalue weighted by molar-refractivity contribution is -0.123. The standard InChI is InChI=1S/C29H26N2O4S/c1-35-29(34)19-12-8-17(9-13-19)27-26-22(15-20(16-24(26)32)25-7-4-14-36-25)30-21-5-2-3-6-23(21)31(27)28(33)18-10-11-18/h2-9,12-14,18,20,26-27H,10-11,15-16H2,1H3/t20-,26-,27-/m1/s1. The van der Waals surface area contributed by atoms with E-state index < -0.39 is 17.9 Å². The SMILES string of the molecule is COC(=O)c1ccc([C@@H]2[C@H]3C(=O)C[C@H](c4cccs4)CC3=Nc3ccccc3N2C(=O)C2CC2)cc1. The summed E-state index contributed by atoms with van der Waals surface area (Å²) in [7, 11) is 1.35. The van der Waals surface area contributed by atoms with Crippen molar-refractivity contribution in [3.05, 3.63) is 82.0 Å². The number of hydrogen-bond acceptors (Lipinski definition) is 6. The number of anilines is 1. The molecule has 2 aliphatic carbocycles. The zero-order valence-electron chi connectivity index (χ0n) is 19.9. The van der Waals surface area contributed by atoms with Crippen LogP contribution in [0.5, 0.6) is 0 Å². The van der Waals surface area contributed by atoms with Gasteiger partial charge in [0.25, 0.3) is 0 Å². The first kappa shape index (κ1) is 22.9. The van der Waals surface area contributed by atoms with E-state index in [1.165, 1.54) is 12.0 Å². The van der Waals surface area contributed by atoms with Gasteiger partial charge in [-0.05, 0) is 60.5 Å². The van der Waals surface area contributed by atoms with Crippen molar-refractivity contribution in [3.8, 4) is 0 Å². The average Bonchev–Trinajstić information content (AvgIpc) is 3.64. The molecule has 0 unspecified atom stereocenters. The molecule has 0 saturated heterocycles. The number of carbonyl (C=O) groups excluding carboxylic acids is 3. The van der Waals surface area contributed by atoms with Crippen LogP contribution in [-0.2, 0) is 14.3 Å². The van der Waals surface area contributed by atoms with Gasteiger partial charge in [-0.25, -0.2) is 4.79 Å². The summed E-state index contributed by atoms with van der Waals surface area (Å²) in [5.41, 5.74) is 3.52. The molecule has 3 aliphatic rings. The van der Waals surface area contributed by atoms with Gasteiger partial charge in [-0.3, -0.25) is 14.6 Å². The molecule has 2 aromatic carbocycles. The molecule has 182 valence electrons. The van der Waals surface area contributed by atoms with Gasteiger partial charge in [0, 0.05) is 28.8 Å². The van der Waals surface area contributed by atoms with Gasteiger partial charge in [-0.1, -0.05) is 30.3 Å². The second-order valence-electron chi connectivity index (χ2n) is 9.70. The van der Waals surface area contributed by atoms with E-state index in [1.54, 1.807) is 23.5 Å². The van der Waals surface area contributed by atoms with Crippen molar-refractivity contribution in [1.82, 2.24) is 0 Å². The minimum absolute atomic E-state index is 0.0333. The molecule has 0 radical (unpaired) electrons. The molecule has 0 N–H and O–H groups in total. The maximum atomic E-state index is 13.9. The number of nitrogens with zero attached hydrogens (tertiary/aromatic N) is 2. The summed E-state index contributed by atoms with van der Waals surface area (Å²) < 4.78 is 4.86. The van der Waals surface area contributed by atoms with Crippen LogP contribution in [-0.4, -0.2) is 30.5 Å². The Labute approximate surface area is 213 Å². The molecular formula is C29H26N2O4S. The van der Waals surface area contributed by atoms with Gasteiger partial charge in [0.2, 0.25) is 5.91 Å². The highest BCUT2D eigenvalue weighted by Gasteiger charge is 2.48. The van der Waals surface area contributed by atoms with E-state index in [4.69, 9.17) is 9.73 Å². The Morgan fingerprint density at radius 2 is 1.78 bits per heavy atom. The third kappa shape index (κ3) is 3.97. The Hall–Kier alpha value is -3.58. The molecule has 1 aromatic heterocycles. The van der Waals surface area contributed by atoms with Gasteiger partial charge in [0.1, 0.15) is 5.78 Å². The monoisotopic (exact) mass is 498 g/mol. The first-order chi connectivity index (χ1) is 17.5. The van der Waals surface area contributed by atoms with Crippen LogP contribution in [0.25, 0.3) is 0 Å². The number of thiophene rings is 1.